The molecule has 0 atom stereocenters. The maximum Gasteiger partial charge on any atom is 0.150 e. The first-order valence-corrected chi connectivity index (χ1v) is 5.76. The van der Waals surface area contributed by atoms with Gasteiger partial charge in [0.2, 0.25) is 0 Å². The summed E-state index contributed by atoms with van der Waals surface area (Å²) in [5.41, 5.74) is 3.26. The second kappa shape index (κ2) is 4.04. The van der Waals surface area contributed by atoms with Gasteiger partial charge in [0, 0.05) is 5.56 Å². The van der Waals surface area contributed by atoms with Gasteiger partial charge in [0.15, 0.2) is 0 Å². The summed E-state index contributed by atoms with van der Waals surface area (Å²) in [6, 6.07) is 6.24. The third-order valence-corrected chi connectivity index (χ3v) is 2.85. The van der Waals surface area contributed by atoms with Crippen molar-refractivity contribution in [3.05, 3.63) is 34.9 Å². The molecule has 88 valence electrons. The van der Waals surface area contributed by atoms with E-state index in [2.05, 4.69) is 53.7 Å². The Labute approximate surface area is 98.9 Å². The molecule has 0 amide bonds. The van der Waals surface area contributed by atoms with Gasteiger partial charge in [-0.3, -0.25) is 4.79 Å². The van der Waals surface area contributed by atoms with Crippen LogP contribution in [-0.4, -0.2) is 6.29 Å². The monoisotopic (exact) mass is 218 g/mol. The highest BCUT2D eigenvalue weighted by molar-refractivity contribution is 5.78. The van der Waals surface area contributed by atoms with E-state index in [1.807, 2.05) is 6.07 Å². The van der Waals surface area contributed by atoms with Crippen LogP contribution in [0.15, 0.2) is 18.2 Å². The van der Waals surface area contributed by atoms with E-state index in [-0.39, 0.29) is 10.8 Å². The topological polar surface area (TPSA) is 17.1 Å². The van der Waals surface area contributed by atoms with Crippen LogP contribution in [0, 0.1) is 0 Å². The van der Waals surface area contributed by atoms with Gasteiger partial charge in [-0.05, 0) is 28.0 Å². The van der Waals surface area contributed by atoms with E-state index in [4.69, 9.17) is 0 Å². The van der Waals surface area contributed by atoms with Crippen molar-refractivity contribution >= 4 is 6.29 Å². The first-order chi connectivity index (χ1) is 7.16. The Hall–Kier alpha value is -1.11. The molecule has 0 heterocycles. The Kier molecular flexibility index (Phi) is 3.27. The highest BCUT2D eigenvalue weighted by Crippen LogP contribution is 2.29. The minimum Gasteiger partial charge on any atom is -0.298 e. The van der Waals surface area contributed by atoms with Crippen LogP contribution < -0.4 is 0 Å². The molecule has 0 fully saturated rings. The molecule has 16 heavy (non-hydrogen) atoms. The number of carbonyl (C=O) groups is 1. The maximum absolute atomic E-state index is 11.2. The third-order valence-electron chi connectivity index (χ3n) is 2.85. The molecule has 0 aliphatic rings. The molecule has 1 rings (SSSR count). The lowest BCUT2D eigenvalue weighted by atomic mass is 9.79. The summed E-state index contributed by atoms with van der Waals surface area (Å²) >= 11 is 0. The molecule has 0 bridgehead atoms. The van der Waals surface area contributed by atoms with Crippen LogP contribution in [0.25, 0.3) is 0 Å². The average molecular weight is 218 g/mol. The predicted octanol–water partition coefficient (Wildman–Crippen LogP) is 4.09. The fourth-order valence-corrected chi connectivity index (χ4v) is 1.81. The standard InChI is InChI=1S/C15H22O/c1-14(2,3)12-7-8-13(15(4,5)6)11(9-12)10-16/h7-10H,1-6H3. The van der Waals surface area contributed by atoms with Gasteiger partial charge in [-0.25, -0.2) is 0 Å². The van der Waals surface area contributed by atoms with E-state index in [0.717, 1.165) is 17.4 Å². The number of hydrogen-bond acceptors (Lipinski definition) is 1. The number of rotatable bonds is 1. The van der Waals surface area contributed by atoms with Crippen LogP contribution >= 0.6 is 0 Å². The molecule has 0 saturated heterocycles. The Morgan fingerprint density at radius 2 is 1.50 bits per heavy atom. The number of aldehydes is 1. The molecule has 0 radical (unpaired) electrons. The van der Waals surface area contributed by atoms with Crippen molar-refractivity contribution in [2.24, 2.45) is 0 Å². The molecular formula is C15H22O. The summed E-state index contributed by atoms with van der Waals surface area (Å²) in [5.74, 6) is 0. The summed E-state index contributed by atoms with van der Waals surface area (Å²) in [5, 5.41) is 0. The summed E-state index contributed by atoms with van der Waals surface area (Å²) in [7, 11) is 0. The molecule has 0 aliphatic heterocycles. The van der Waals surface area contributed by atoms with Crippen molar-refractivity contribution < 1.29 is 4.79 Å². The quantitative estimate of drug-likeness (QED) is 0.649. The summed E-state index contributed by atoms with van der Waals surface area (Å²) in [6.07, 6.45) is 0.968. The van der Waals surface area contributed by atoms with E-state index >= 15 is 0 Å². The Bertz CT molecular complexity index is 389. The molecule has 0 unspecified atom stereocenters. The van der Waals surface area contributed by atoms with Gasteiger partial charge >= 0.3 is 0 Å². The minimum atomic E-state index is 0.0205. The normalized spacial score (nSPS) is 12.6. The van der Waals surface area contributed by atoms with Crippen LogP contribution in [0.4, 0.5) is 0 Å². The first kappa shape index (κ1) is 13.0. The zero-order valence-electron chi connectivity index (χ0n) is 11.2. The van der Waals surface area contributed by atoms with Gasteiger partial charge in [-0.1, -0.05) is 53.7 Å². The van der Waals surface area contributed by atoms with E-state index in [9.17, 15) is 4.79 Å². The summed E-state index contributed by atoms with van der Waals surface area (Å²) < 4.78 is 0. The van der Waals surface area contributed by atoms with Crippen molar-refractivity contribution in [3.8, 4) is 0 Å². The van der Waals surface area contributed by atoms with Crippen LogP contribution in [0.5, 0.6) is 0 Å². The van der Waals surface area contributed by atoms with Crippen molar-refractivity contribution in [1.82, 2.24) is 0 Å². The predicted molar refractivity (Wildman–Crippen MR) is 69.2 cm³/mol. The van der Waals surface area contributed by atoms with Crippen LogP contribution in [0.1, 0.15) is 63.0 Å². The number of carbonyl (C=O) groups excluding carboxylic acids is 1. The van der Waals surface area contributed by atoms with Gasteiger partial charge in [0.1, 0.15) is 6.29 Å². The average Bonchev–Trinajstić information content (AvgIpc) is 2.14. The fourth-order valence-electron chi connectivity index (χ4n) is 1.81. The summed E-state index contributed by atoms with van der Waals surface area (Å²) in [4.78, 5) is 11.2. The van der Waals surface area contributed by atoms with Crippen molar-refractivity contribution in [1.29, 1.82) is 0 Å². The molecule has 0 aromatic heterocycles. The molecule has 1 heteroatoms. The lowest BCUT2D eigenvalue weighted by Crippen LogP contribution is -2.17. The van der Waals surface area contributed by atoms with Gasteiger partial charge in [-0.2, -0.15) is 0 Å². The van der Waals surface area contributed by atoms with Crippen LogP contribution in [0.3, 0.4) is 0 Å². The van der Waals surface area contributed by atoms with E-state index in [0.29, 0.717) is 0 Å². The van der Waals surface area contributed by atoms with Crippen molar-refractivity contribution in [2.45, 2.75) is 52.4 Å². The number of hydrogen-bond donors (Lipinski definition) is 0. The zero-order chi connectivity index (χ0) is 12.6. The maximum atomic E-state index is 11.2. The Morgan fingerprint density at radius 1 is 0.938 bits per heavy atom. The second-order valence-electron chi connectivity index (χ2n) is 6.42. The van der Waals surface area contributed by atoms with E-state index in [1.165, 1.54) is 5.56 Å². The van der Waals surface area contributed by atoms with Crippen molar-refractivity contribution in [3.63, 3.8) is 0 Å². The Balaban J connectivity index is 3.34. The second-order valence-corrected chi connectivity index (χ2v) is 6.42. The molecule has 0 aliphatic carbocycles. The lowest BCUT2D eigenvalue weighted by molar-refractivity contribution is 0.112. The van der Waals surface area contributed by atoms with Gasteiger partial charge in [0.25, 0.3) is 0 Å². The minimum absolute atomic E-state index is 0.0205. The van der Waals surface area contributed by atoms with Gasteiger partial charge in [-0.15, -0.1) is 0 Å². The fraction of sp³-hybridized carbons (Fsp3) is 0.533. The Morgan fingerprint density at radius 3 is 1.88 bits per heavy atom. The molecule has 1 nitrogen and oxygen atoms in total. The molecule has 1 aromatic carbocycles. The van der Waals surface area contributed by atoms with E-state index in [1.54, 1.807) is 0 Å². The molecule has 0 N–H and O–H groups in total. The third kappa shape index (κ3) is 2.72. The molecule has 0 spiro atoms. The zero-order valence-corrected chi connectivity index (χ0v) is 11.2. The molecule has 1 aromatic rings. The smallest absolute Gasteiger partial charge is 0.150 e. The SMILES string of the molecule is CC(C)(C)c1ccc(C(C)(C)C)c(C=O)c1. The van der Waals surface area contributed by atoms with E-state index < -0.39 is 0 Å². The summed E-state index contributed by atoms with van der Waals surface area (Å²) in [6.45, 7) is 12.9. The highest BCUT2D eigenvalue weighted by atomic mass is 16.1. The lowest BCUT2D eigenvalue weighted by Gasteiger charge is -2.25. The number of benzene rings is 1. The van der Waals surface area contributed by atoms with Crippen molar-refractivity contribution in [2.75, 3.05) is 0 Å². The largest absolute Gasteiger partial charge is 0.298 e. The highest BCUT2D eigenvalue weighted by Gasteiger charge is 2.20. The molecule has 0 saturated carbocycles. The first-order valence-electron chi connectivity index (χ1n) is 5.76. The van der Waals surface area contributed by atoms with Gasteiger partial charge < -0.3 is 0 Å². The molecular weight excluding hydrogens is 196 g/mol. The van der Waals surface area contributed by atoms with Crippen LogP contribution in [-0.2, 0) is 10.8 Å². The van der Waals surface area contributed by atoms with Gasteiger partial charge in [0.05, 0.1) is 0 Å². The van der Waals surface area contributed by atoms with Crippen LogP contribution in [0.2, 0.25) is 0 Å².